The van der Waals surface area contributed by atoms with Crippen LogP contribution in [-0.4, -0.2) is 25.0 Å². The third-order valence-electron chi connectivity index (χ3n) is 4.26. The molecular formula is C20H22BrNO3. The predicted octanol–water partition coefficient (Wildman–Crippen LogP) is 3.63. The van der Waals surface area contributed by atoms with Gasteiger partial charge in [-0.1, -0.05) is 72.2 Å². The molecule has 1 N–H and O–H groups in total. The van der Waals surface area contributed by atoms with E-state index >= 15 is 0 Å². The Morgan fingerprint density at radius 2 is 1.68 bits per heavy atom. The summed E-state index contributed by atoms with van der Waals surface area (Å²) in [6, 6.07) is 16.3. The van der Waals surface area contributed by atoms with E-state index in [2.05, 4.69) is 21.2 Å². The molecule has 0 aliphatic heterocycles. The molecule has 132 valence electrons. The summed E-state index contributed by atoms with van der Waals surface area (Å²) in [5.74, 6) is -0.680. The van der Waals surface area contributed by atoms with Crippen molar-refractivity contribution in [1.82, 2.24) is 5.32 Å². The van der Waals surface area contributed by atoms with Gasteiger partial charge in [0.1, 0.15) is 6.04 Å². The van der Waals surface area contributed by atoms with Crippen molar-refractivity contribution in [1.29, 1.82) is 0 Å². The van der Waals surface area contributed by atoms with Gasteiger partial charge in [-0.15, -0.1) is 0 Å². The van der Waals surface area contributed by atoms with Crippen molar-refractivity contribution in [2.24, 2.45) is 0 Å². The van der Waals surface area contributed by atoms with Crippen LogP contribution in [0.2, 0.25) is 0 Å². The number of rotatable bonds is 6. The van der Waals surface area contributed by atoms with Crippen LogP contribution in [0.15, 0.2) is 59.1 Å². The zero-order valence-electron chi connectivity index (χ0n) is 14.6. The van der Waals surface area contributed by atoms with E-state index in [1.54, 1.807) is 0 Å². The van der Waals surface area contributed by atoms with Crippen molar-refractivity contribution in [3.63, 3.8) is 0 Å². The number of hydrogen-bond donors (Lipinski definition) is 1. The fourth-order valence-corrected chi connectivity index (χ4v) is 2.96. The lowest BCUT2D eigenvalue weighted by atomic mass is 9.77. The first-order valence-corrected chi connectivity index (χ1v) is 8.81. The second-order valence-electron chi connectivity index (χ2n) is 6.41. The number of ether oxygens (including phenoxy) is 1. The van der Waals surface area contributed by atoms with Gasteiger partial charge >= 0.3 is 5.97 Å². The van der Waals surface area contributed by atoms with Crippen LogP contribution in [-0.2, 0) is 26.2 Å². The van der Waals surface area contributed by atoms with E-state index in [0.717, 1.165) is 15.6 Å². The number of nitrogens with one attached hydrogen (secondary N) is 1. The highest BCUT2D eigenvalue weighted by atomic mass is 79.9. The van der Waals surface area contributed by atoms with Crippen LogP contribution in [0, 0.1) is 0 Å². The molecule has 0 spiro atoms. The molecule has 0 radical (unpaired) electrons. The number of methoxy groups -OCH3 is 1. The molecule has 0 fully saturated rings. The van der Waals surface area contributed by atoms with Gasteiger partial charge in [0.25, 0.3) is 0 Å². The third kappa shape index (κ3) is 4.92. The molecule has 1 amide bonds. The second-order valence-corrected chi connectivity index (χ2v) is 7.33. The normalized spacial score (nSPS) is 12.3. The van der Waals surface area contributed by atoms with Gasteiger partial charge in [0.2, 0.25) is 5.91 Å². The lowest BCUT2D eigenvalue weighted by Gasteiger charge is -2.33. The Balaban J connectivity index is 2.21. The molecule has 2 rings (SSSR count). The summed E-state index contributed by atoms with van der Waals surface area (Å²) < 4.78 is 5.89. The van der Waals surface area contributed by atoms with Crippen LogP contribution in [0.4, 0.5) is 0 Å². The highest BCUT2D eigenvalue weighted by Crippen LogP contribution is 2.29. The molecule has 0 aliphatic carbocycles. The van der Waals surface area contributed by atoms with Gasteiger partial charge in [-0.25, -0.2) is 4.79 Å². The Morgan fingerprint density at radius 1 is 1.08 bits per heavy atom. The first kappa shape index (κ1) is 19.2. The maximum atomic E-state index is 12.4. The molecule has 0 heterocycles. The van der Waals surface area contributed by atoms with E-state index in [9.17, 15) is 9.59 Å². The molecule has 0 saturated heterocycles. The van der Waals surface area contributed by atoms with Crippen LogP contribution >= 0.6 is 15.9 Å². The van der Waals surface area contributed by atoms with Crippen LogP contribution in [0.5, 0.6) is 0 Å². The lowest BCUT2D eigenvalue weighted by Crippen LogP contribution is -2.53. The standard InChI is InChI=1S/C20H22BrNO3/c1-20(2,15-9-11-16(21)12-10-15)18(19(24)25-3)22-17(23)13-14-7-5-4-6-8-14/h4-12,18H,13H2,1-3H3,(H,22,23). The SMILES string of the molecule is COC(=O)C(NC(=O)Cc1ccccc1)C(C)(C)c1ccc(Br)cc1. The highest BCUT2D eigenvalue weighted by molar-refractivity contribution is 9.10. The van der Waals surface area contributed by atoms with Gasteiger partial charge in [-0.05, 0) is 23.3 Å². The highest BCUT2D eigenvalue weighted by Gasteiger charge is 2.38. The quantitative estimate of drug-likeness (QED) is 0.749. The van der Waals surface area contributed by atoms with E-state index in [4.69, 9.17) is 4.74 Å². The first-order valence-electron chi connectivity index (χ1n) is 8.01. The molecule has 0 aliphatic rings. The topological polar surface area (TPSA) is 55.4 Å². The zero-order valence-corrected chi connectivity index (χ0v) is 16.2. The van der Waals surface area contributed by atoms with Gasteiger partial charge in [0, 0.05) is 9.89 Å². The Labute approximate surface area is 156 Å². The summed E-state index contributed by atoms with van der Waals surface area (Å²) >= 11 is 3.41. The third-order valence-corrected chi connectivity index (χ3v) is 4.79. The van der Waals surface area contributed by atoms with E-state index < -0.39 is 17.4 Å². The molecule has 0 saturated carbocycles. The van der Waals surface area contributed by atoms with Crippen LogP contribution in [0.25, 0.3) is 0 Å². The monoisotopic (exact) mass is 403 g/mol. The van der Waals surface area contributed by atoms with E-state index in [1.807, 2.05) is 68.4 Å². The zero-order chi connectivity index (χ0) is 18.4. The van der Waals surface area contributed by atoms with E-state index in [1.165, 1.54) is 7.11 Å². The van der Waals surface area contributed by atoms with Crippen molar-refractivity contribution in [2.45, 2.75) is 31.7 Å². The molecule has 2 aromatic carbocycles. The summed E-state index contributed by atoms with van der Waals surface area (Å²) in [5, 5.41) is 2.84. The fourth-order valence-electron chi connectivity index (χ4n) is 2.69. The Bertz CT molecular complexity index is 726. The molecular weight excluding hydrogens is 382 g/mol. The van der Waals surface area contributed by atoms with Crippen LogP contribution in [0.1, 0.15) is 25.0 Å². The number of carbonyl (C=O) groups is 2. The summed E-state index contributed by atoms with van der Waals surface area (Å²) in [5.41, 5.74) is 1.20. The largest absolute Gasteiger partial charge is 0.467 e. The Hall–Kier alpha value is -2.14. The molecule has 1 atom stereocenters. The van der Waals surface area contributed by atoms with Gasteiger partial charge in [0.05, 0.1) is 13.5 Å². The van der Waals surface area contributed by atoms with Gasteiger partial charge in [0.15, 0.2) is 0 Å². The van der Waals surface area contributed by atoms with Crippen molar-refractivity contribution in [3.8, 4) is 0 Å². The molecule has 1 unspecified atom stereocenters. The second kappa shape index (κ2) is 8.30. The van der Waals surface area contributed by atoms with Crippen LogP contribution < -0.4 is 5.32 Å². The molecule has 2 aromatic rings. The first-order chi connectivity index (χ1) is 11.8. The van der Waals surface area contributed by atoms with E-state index in [0.29, 0.717) is 0 Å². The summed E-state index contributed by atoms with van der Waals surface area (Å²) in [6.45, 7) is 3.83. The number of amides is 1. The molecule has 0 aromatic heterocycles. The van der Waals surface area contributed by atoms with Crippen molar-refractivity contribution in [3.05, 3.63) is 70.2 Å². The fraction of sp³-hybridized carbons (Fsp3) is 0.300. The Morgan fingerprint density at radius 3 is 2.24 bits per heavy atom. The number of benzene rings is 2. The van der Waals surface area contributed by atoms with Crippen molar-refractivity contribution in [2.75, 3.05) is 7.11 Å². The minimum atomic E-state index is -0.783. The number of hydrogen-bond acceptors (Lipinski definition) is 3. The molecule has 25 heavy (non-hydrogen) atoms. The van der Waals surface area contributed by atoms with Gasteiger partial charge in [-0.2, -0.15) is 0 Å². The minimum Gasteiger partial charge on any atom is -0.467 e. The lowest BCUT2D eigenvalue weighted by molar-refractivity contribution is -0.147. The number of esters is 1. The average molecular weight is 404 g/mol. The molecule has 5 heteroatoms. The predicted molar refractivity (Wildman–Crippen MR) is 101 cm³/mol. The van der Waals surface area contributed by atoms with Crippen molar-refractivity contribution >= 4 is 27.8 Å². The van der Waals surface area contributed by atoms with Crippen LogP contribution in [0.3, 0.4) is 0 Å². The van der Waals surface area contributed by atoms with E-state index in [-0.39, 0.29) is 12.3 Å². The minimum absolute atomic E-state index is 0.213. The summed E-state index contributed by atoms with van der Waals surface area (Å²) in [6.07, 6.45) is 0.213. The van der Waals surface area contributed by atoms with Gasteiger partial charge in [-0.3, -0.25) is 4.79 Å². The Kier molecular flexibility index (Phi) is 6.37. The summed E-state index contributed by atoms with van der Waals surface area (Å²) in [4.78, 5) is 24.8. The van der Waals surface area contributed by atoms with Gasteiger partial charge < -0.3 is 10.1 Å². The summed E-state index contributed by atoms with van der Waals surface area (Å²) in [7, 11) is 1.33. The molecule has 0 bridgehead atoms. The number of carbonyl (C=O) groups excluding carboxylic acids is 2. The molecule has 4 nitrogen and oxygen atoms in total. The maximum absolute atomic E-state index is 12.4. The average Bonchev–Trinajstić information content (AvgIpc) is 2.60. The van der Waals surface area contributed by atoms with Crippen molar-refractivity contribution < 1.29 is 14.3 Å². The number of halogens is 1. The maximum Gasteiger partial charge on any atom is 0.329 e. The smallest absolute Gasteiger partial charge is 0.329 e.